The van der Waals surface area contributed by atoms with Crippen molar-refractivity contribution >= 4 is 16.9 Å². The van der Waals surface area contributed by atoms with Gasteiger partial charge in [-0.2, -0.15) is 0 Å². The topological polar surface area (TPSA) is 24.4 Å². The van der Waals surface area contributed by atoms with Crippen molar-refractivity contribution in [1.82, 2.24) is 5.32 Å². The third-order valence-electron chi connectivity index (χ3n) is 3.59. The van der Waals surface area contributed by atoms with E-state index >= 15 is 0 Å². The van der Waals surface area contributed by atoms with Crippen LogP contribution in [0.2, 0.25) is 0 Å². The van der Waals surface area contributed by atoms with Crippen LogP contribution in [0.25, 0.3) is 0 Å². The van der Waals surface area contributed by atoms with Crippen LogP contribution in [0.15, 0.2) is 65.7 Å². The summed E-state index contributed by atoms with van der Waals surface area (Å²) >= 11 is 1.82. The fraction of sp³-hybridized carbons (Fsp3) is 0.278. The zero-order valence-corrected chi connectivity index (χ0v) is 13.0. The fourth-order valence-electron chi connectivity index (χ4n) is 2.57. The van der Waals surface area contributed by atoms with Gasteiger partial charge in [0.15, 0.2) is 5.17 Å². The van der Waals surface area contributed by atoms with Crippen LogP contribution in [0.5, 0.6) is 0 Å². The van der Waals surface area contributed by atoms with Crippen LogP contribution < -0.4 is 5.32 Å². The van der Waals surface area contributed by atoms with E-state index in [9.17, 15) is 0 Å². The largest absolute Gasteiger partial charge is 0.356 e. The van der Waals surface area contributed by atoms with E-state index in [1.807, 2.05) is 11.8 Å². The predicted molar refractivity (Wildman–Crippen MR) is 91.7 cm³/mol. The minimum absolute atomic E-state index is 0.160. The van der Waals surface area contributed by atoms with E-state index in [1.54, 1.807) is 0 Å². The first kappa shape index (κ1) is 14.2. The molecule has 2 aromatic carbocycles. The smallest absolute Gasteiger partial charge is 0.157 e. The van der Waals surface area contributed by atoms with Gasteiger partial charge in [-0.15, -0.1) is 0 Å². The summed E-state index contributed by atoms with van der Waals surface area (Å²) < 4.78 is 0. The molecule has 0 saturated heterocycles. The highest BCUT2D eigenvalue weighted by molar-refractivity contribution is 8.13. The Hall–Kier alpha value is -1.74. The number of hydrogen-bond donors (Lipinski definition) is 1. The lowest BCUT2D eigenvalue weighted by Gasteiger charge is -2.19. The molecule has 3 rings (SSSR count). The van der Waals surface area contributed by atoms with Crippen LogP contribution in [0, 0.1) is 0 Å². The third kappa shape index (κ3) is 3.30. The number of rotatable bonds is 4. The molecule has 0 amide bonds. The molecule has 0 fully saturated rings. The van der Waals surface area contributed by atoms with Crippen molar-refractivity contribution in [2.24, 2.45) is 4.99 Å². The Bertz CT molecular complexity index is 595. The molecule has 3 heteroatoms. The molecular weight excluding hydrogens is 276 g/mol. The minimum atomic E-state index is 0.160. The second-order valence-electron chi connectivity index (χ2n) is 5.17. The van der Waals surface area contributed by atoms with Crippen molar-refractivity contribution in [3.63, 3.8) is 0 Å². The summed E-state index contributed by atoms with van der Waals surface area (Å²) in [6, 6.07) is 21.6. The second-order valence-corrected chi connectivity index (χ2v) is 6.25. The summed E-state index contributed by atoms with van der Waals surface area (Å²) in [5, 5.41) is 4.67. The Morgan fingerprint density at radius 3 is 2.19 bits per heavy atom. The molecule has 1 aliphatic rings. The van der Waals surface area contributed by atoms with Crippen molar-refractivity contribution < 1.29 is 0 Å². The van der Waals surface area contributed by atoms with Gasteiger partial charge in [-0.05, 0) is 17.5 Å². The summed E-state index contributed by atoms with van der Waals surface area (Å²) in [4.78, 5) is 4.92. The number of hydrogen-bond acceptors (Lipinski definition) is 3. The lowest BCUT2D eigenvalue weighted by molar-refractivity contribution is 0.573. The van der Waals surface area contributed by atoms with Gasteiger partial charge in [-0.3, -0.25) is 4.99 Å². The van der Waals surface area contributed by atoms with E-state index < -0.39 is 0 Å². The zero-order valence-electron chi connectivity index (χ0n) is 12.2. The summed E-state index contributed by atoms with van der Waals surface area (Å²) in [6.45, 7) is 2.20. The highest BCUT2D eigenvalue weighted by Gasteiger charge is 2.30. The maximum absolute atomic E-state index is 4.92. The van der Waals surface area contributed by atoms with Gasteiger partial charge in [0.2, 0.25) is 0 Å². The van der Waals surface area contributed by atoms with Gasteiger partial charge >= 0.3 is 0 Å². The molecule has 0 bridgehead atoms. The summed E-state index contributed by atoms with van der Waals surface area (Å²) in [5.74, 6) is 1.11. The third-order valence-corrected chi connectivity index (χ3v) is 4.70. The van der Waals surface area contributed by atoms with Crippen molar-refractivity contribution in [2.45, 2.75) is 25.4 Å². The molecule has 0 spiro atoms. The van der Waals surface area contributed by atoms with E-state index in [2.05, 4.69) is 72.9 Å². The van der Waals surface area contributed by atoms with Gasteiger partial charge in [0, 0.05) is 5.75 Å². The van der Waals surface area contributed by atoms with Crippen LogP contribution in [0.1, 0.15) is 36.6 Å². The van der Waals surface area contributed by atoms with Gasteiger partial charge in [-0.25, -0.2) is 0 Å². The SMILES string of the molecule is CCCSC1=NC(c2ccccc2)C(c2ccccc2)N1. The highest BCUT2D eigenvalue weighted by Crippen LogP contribution is 2.37. The maximum Gasteiger partial charge on any atom is 0.157 e. The number of thioether (sulfide) groups is 1. The monoisotopic (exact) mass is 296 g/mol. The molecule has 0 aromatic heterocycles. The van der Waals surface area contributed by atoms with Crippen LogP contribution in [0.4, 0.5) is 0 Å². The Balaban J connectivity index is 1.89. The predicted octanol–water partition coefficient (Wildman–Crippen LogP) is 4.57. The standard InChI is InChI=1S/C18H20N2S/c1-2-13-21-18-19-16(14-9-5-3-6-10-14)17(20-18)15-11-7-4-8-12-15/h3-12,16-17H,2,13H2,1H3,(H,19,20). The maximum atomic E-state index is 4.92. The normalized spacial score (nSPS) is 20.9. The van der Waals surface area contributed by atoms with E-state index in [1.165, 1.54) is 11.1 Å². The average Bonchev–Trinajstić information content (AvgIpc) is 2.99. The summed E-state index contributed by atoms with van der Waals surface area (Å²) in [7, 11) is 0. The average molecular weight is 296 g/mol. The molecule has 108 valence electrons. The van der Waals surface area contributed by atoms with Crippen LogP contribution in [-0.2, 0) is 0 Å². The van der Waals surface area contributed by atoms with Crippen molar-refractivity contribution in [3.8, 4) is 0 Å². The molecule has 0 saturated carbocycles. The van der Waals surface area contributed by atoms with Gasteiger partial charge in [0.1, 0.15) is 6.04 Å². The van der Waals surface area contributed by atoms with E-state index in [4.69, 9.17) is 4.99 Å². The van der Waals surface area contributed by atoms with E-state index in [0.717, 1.165) is 17.3 Å². The Labute approximate surface area is 130 Å². The molecule has 1 N–H and O–H groups in total. The molecule has 1 aliphatic heterocycles. The van der Waals surface area contributed by atoms with E-state index in [-0.39, 0.29) is 12.1 Å². The zero-order chi connectivity index (χ0) is 14.5. The molecule has 2 nitrogen and oxygen atoms in total. The number of aliphatic imine (C=N–C) groups is 1. The molecule has 0 radical (unpaired) electrons. The molecule has 21 heavy (non-hydrogen) atoms. The number of nitrogens with zero attached hydrogens (tertiary/aromatic N) is 1. The molecule has 0 aliphatic carbocycles. The summed E-state index contributed by atoms with van der Waals surface area (Å²) in [5.41, 5.74) is 2.56. The molecular formula is C18H20N2S. The van der Waals surface area contributed by atoms with Gasteiger partial charge < -0.3 is 5.32 Å². The number of amidine groups is 1. The second kappa shape index (κ2) is 6.81. The first-order chi connectivity index (χ1) is 10.4. The van der Waals surface area contributed by atoms with Gasteiger partial charge in [0.25, 0.3) is 0 Å². The minimum Gasteiger partial charge on any atom is -0.356 e. The van der Waals surface area contributed by atoms with Gasteiger partial charge in [0.05, 0.1) is 6.04 Å². The van der Waals surface area contributed by atoms with Crippen molar-refractivity contribution in [3.05, 3.63) is 71.8 Å². The highest BCUT2D eigenvalue weighted by atomic mass is 32.2. The van der Waals surface area contributed by atoms with Crippen LogP contribution >= 0.6 is 11.8 Å². The van der Waals surface area contributed by atoms with Gasteiger partial charge in [-0.1, -0.05) is 79.3 Å². The van der Waals surface area contributed by atoms with Crippen LogP contribution in [0.3, 0.4) is 0 Å². The molecule has 2 aromatic rings. The molecule has 1 heterocycles. The Morgan fingerprint density at radius 2 is 1.57 bits per heavy atom. The Morgan fingerprint density at radius 1 is 0.952 bits per heavy atom. The fourth-order valence-corrected chi connectivity index (χ4v) is 3.37. The van der Waals surface area contributed by atoms with E-state index in [0.29, 0.717) is 0 Å². The quantitative estimate of drug-likeness (QED) is 0.893. The Kier molecular flexibility index (Phi) is 4.61. The van der Waals surface area contributed by atoms with Crippen molar-refractivity contribution in [1.29, 1.82) is 0 Å². The summed E-state index contributed by atoms with van der Waals surface area (Å²) in [6.07, 6.45) is 1.16. The van der Waals surface area contributed by atoms with Crippen molar-refractivity contribution in [2.75, 3.05) is 5.75 Å². The lowest BCUT2D eigenvalue weighted by Crippen LogP contribution is -2.22. The van der Waals surface area contributed by atoms with Crippen LogP contribution in [-0.4, -0.2) is 10.9 Å². The first-order valence-electron chi connectivity index (χ1n) is 7.45. The molecule has 2 unspecified atom stereocenters. The first-order valence-corrected chi connectivity index (χ1v) is 8.44. The lowest BCUT2D eigenvalue weighted by atomic mass is 9.95. The molecule has 2 atom stereocenters. The number of nitrogens with one attached hydrogen (secondary N) is 1. The number of benzene rings is 2.